The zero-order valence-electron chi connectivity index (χ0n) is 12.5. The molecule has 0 unspecified atom stereocenters. The summed E-state index contributed by atoms with van der Waals surface area (Å²) in [6.45, 7) is 0.636. The molecule has 0 spiro atoms. The van der Waals surface area contributed by atoms with Gasteiger partial charge in [0.2, 0.25) is 0 Å². The predicted molar refractivity (Wildman–Crippen MR) is 85.8 cm³/mol. The Bertz CT molecular complexity index is 796. The second-order valence-corrected chi connectivity index (χ2v) is 6.64. The molecule has 118 valence electrons. The fraction of sp³-hybridized carbons (Fsp3) is 0.294. The molecule has 1 aromatic carbocycles. The monoisotopic (exact) mass is 329 g/mol. The van der Waals surface area contributed by atoms with E-state index in [4.69, 9.17) is 4.42 Å². The molecule has 0 aliphatic heterocycles. The average Bonchev–Trinajstić information content (AvgIpc) is 3.11. The SMILES string of the molecule is Fc1cccc(CSc2nnc(C3CC3)n2Cc2ccco2)c1. The Labute approximate surface area is 137 Å². The summed E-state index contributed by atoms with van der Waals surface area (Å²) in [6, 6.07) is 10.5. The van der Waals surface area contributed by atoms with Crippen molar-refractivity contribution in [3.63, 3.8) is 0 Å². The Morgan fingerprint density at radius 2 is 2.13 bits per heavy atom. The third kappa shape index (κ3) is 3.32. The number of rotatable bonds is 6. The largest absolute Gasteiger partial charge is 0.467 e. The van der Waals surface area contributed by atoms with Gasteiger partial charge in [0.15, 0.2) is 5.16 Å². The molecule has 2 heterocycles. The topological polar surface area (TPSA) is 43.9 Å². The second-order valence-electron chi connectivity index (χ2n) is 5.70. The third-order valence-electron chi connectivity index (χ3n) is 3.84. The van der Waals surface area contributed by atoms with Crippen LogP contribution in [0.3, 0.4) is 0 Å². The molecule has 0 N–H and O–H groups in total. The maximum Gasteiger partial charge on any atom is 0.191 e. The van der Waals surface area contributed by atoms with Crippen LogP contribution in [-0.4, -0.2) is 14.8 Å². The summed E-state index contributed by atoms with van der Waals surface area (Å²) in [7, 11) is 0. The van der Waals surface area contributed by atoms with E-state index < -0.39 is 0 Å². The van der Waals surface area contributed by atoms with Gasteiger partial charge in [-0.15, -0.1) is 10.2 Å². The third-order valence-corrected chi connectivity index (χ3v) is 4.88. The van der Waals surface area contributed by atoms with Gasteiger partial charge < -0.3 is 4.42 Å². The van der Waals surface area contributed by atoms with Crippen LogP contribution in [0.1, 0.15) is 35.9 Å². The van der Waals surface area contributed by atoms with Gasteiger partial charge in [-0.2, -0.15) is 0 Å². The van der Waals surface area contributed by atoms with Gasteiger partial charge in [-0.3, -0.25) is 4.57 Å². The lowest BCUT2D eigenvalue weighted by molar-refractivity contribution is 0.478. The first-order valence-electron chi connectivity index (χ1n) is 7.62. The highest BCUT2D eigenvalue weighted by Gasteiger charge is 2.30. The minimum atomic E-state index is -0.209. The Kier molecular flexibility index (Phi) is 3.91. The Morgan fingerprint density at radius 3 is 2.87 bits per heavy atom. The van der Waals surface area contributed by atoms with E-state index in [1.54, 1.807) is 30.2 Å². The van der Waals surface area contributed by atoms with Crippen molar-refractivity contribution in [2.75, 3.05) is 0 Å². The van der Waals surface area contributed by atoms with Crippen molar-refractivity contribution < 1.29 is 8.81 Å². The summed E-state index contributed by atoms with van der Waals surface area (Å²) in [5, 5.41) is 9.56. The lowest BCUT2D eigenvalue weighted by atomic mass is 10.2. The molecule has 1 aliphatic rings. The standard InChI is InChI=1S/C17H16FN3OS/c18-14-4-1-3-12(9-14)11-23-17-20-19-16(13-6-7-13)21(17)10-15-5-2-8-22-15/h1-5,8-9,13H,6-7,10-11H2. The van der Waals surface area contributed by atoms with E-state index in [-0.39, 0.29) is 5.82 Å². The molecule has 0 atom stereocenters. The minimum absolute atomic E-state index is 0.209. The van der Waals surface area contributed by atoms with Gasteiger partial charge in [-0.1, -0.05) is 23.9 Å². The van der Waals surface area contributed by atoms with Crippen molar-refractivity contribution in [1.29, 1.82) is 0 Å². The number of nitrogens with zero attached hydrogens (tertiary/aromatic N) is 3. The minimum Gasteiger partial charge on any atom is -0.467 e. The van der Waals surface area contributed by atoms with Gasteiger partial charge in [0.25, 0.3) is 0 Å². The van der Waals surface area contributed by atoms with E-state index in [9.17, 15) is 4.39 Å². The number of furan rings is 1. The molecule has 1 fully saturated rings. The molecule has 1 saturated carbocycles. The summed E-state index contributed by atoms with van der Waals surface area (Å²) < 4.78 is 20.9. The molecular weight excluding hydrogens is 313 g/mol. The van der Waals surface area contributed by atoms with E-state index in [2.05, 4.69) is 14.8 Å². The van der Waals surface area contributed by atoms with Gasteiger partial charge in [-0.05, 0) is 42.7 Å². The zero-order chi connectivity index (χ0) is 15.6. The highest BCUT2D eigenvalue weighted by atomic mass is 32.2. The van der Waals surface area contributed by atoms with E-state index in [1.165, 1.54) is 18.9 Å². The molecular formula is C17H16FN3OS. The van der Waals surface area contributed by atoms with Crippen molar-refractivity contribution in [3.8, 4) is 0 Å². The Hall–Kier alpha value is -2.08. The van der Waals surface area contributed by atoms with Crippen LogP contribution in [0.4, 0.5) is 4.39 Å². The van der Waals surface area contributed by atoms with Crippen molar-refractivity contribution in [3.05, 3.63) is 65.6 Å². The number of hydrogen-bond donors (Lipinski definition) is 0. The zero-order valence-corrected chi connectivity index (χ0v) is 13.3. The van der Waals surface area contributed by atoms with Crippen molar-refractivity contribution in [2.24, 2.45) is 0 Å². The van der Waals surface area contributed by atoms with Gasteiger partial charge >= 0.3 is 0 Å². The van der Waals surface area contributed by atoms with Crippen molar-refractivity contribution >= 4 is 11.8 Å². The Morgan fingerprint density at radius 1 is 1.22 bits per heavy atom. The summed E-state index contributed by atoms with van der Waals surface area (Å²) in [5.74, 6) is 2.89. The highest BCUT2D eigenvalue weighted by Crippen LogP contribution is 2.40. The molecule has 0 amide bonds. The summed E-state index contributed by atoms with van der Waals surface area (Å²) in [5.41, 5.74) is 0.940. The summed E-state index contributed by atoms with van der Waals surface area (Å²) in [6.07, 6.45) is 4.02. The van der Waals surface area contributed by atoms with Crippen molar-refractivity contribution in [1.82, 2.24) is 14.8 Å². The van der Waals surface area contributed by atoms with Crippen LogP contribution in [0.5, 0.6) is 0 Å². The fourth-order valence-corrected chi connectivity index (χ4v) is 3.42. The molecule has 0 bridgehead atoms. The van der Waals surface area contributed by atoms with Crippen LogP contribution in [-0.2, 0) is 12.3 Å². The molecule has 1 aliphatic carbocycles. The summed E-state index contributed by atoms with van der Waals surface area (Å²) >= 11 is 1.58. The second kappa shape index (κ2) is 6.20. The maximum atomic E-state index is 13.3. The van der Waals surface area contributed by atoms with E-state index >= 15 is 0 Å². The summed E-state index contributed by atoms with van der Waals surface area (Å²) in [4.78, 5) is 0. The van der Waals surface area contributed by atoms with Gasteiger partial charge in [0.05, 0.1) is 12.8 Å². The first-order chi connectivity index (χ1) is 11.3. The normalized spacial score (nSPS) is 14.3. The average molecular weight is 329 g/mol. The lowest BCUT2D eigenvalue weighted by Gasteiger charge is -2.08. The van der Waals surface area contributed by atoms with Crippen LogP contribution >= 0.6 is 11.8 Å². The maximum absolute atomic E-state index is 13.3. The molecule has 3 aromatic rings. The predicted octanol–water partition coefficient (Wildman–Crippen LogP) is 4.23. The number of hydrogen-bond acceptors (Lipinski definition) is 4. The van der Waals surface area contributed by atoms with E-state index in [0.29, 0.717) is 18.2 Å². The smallest absolute Gasteiger partial charge is 0.191 e. The molecule has 4 nitrogen and oxygen atoms in total. The number of aromatic nitrogens is 3. The molecule has 6 heteroatoms. The van der Waals surface area contributed by atoms with Gasteiger partial charge in [-0.25, -0.2) is 4.39 Å². The first kappa shape index (κ1) is 14.5. The van der Waals surface area contributed by atoms with Crippen molar-refractivity contribution in [2.45, 2.75) is 36.2 Å². The van der Waals surface area contributed by atoms with Gasteiger partial charge in [0.1, 0.15) is 17.4 Å². The quantitative estimate of drug-likeness (QED) is 0.635. The highest BCUT2D eigenvalue weighted by molar-refractivity contribution is 7.98. The van der Waals surface area contributed by atoms with Crippen LogP contribution in [0.25, 0.3) is 0 Å². The Balaban J connectivity index is 1.55. The molecule has 23 heavy (non-hydrogen) atoms. The molecule has 4 rings (SSSR count). The molecule has 0 saturated heterocycles. The lowest BCUT2D eigenvalue weighted by Crippen LogP contribution is -2.05. The molecule has 2 aromatic heterocycles. The van der Waals surface area contributed by atoms with Crippen LogP contribution in [0, 0.1) is 5.82 Å². The van der Waals surface area contributed by atoms with E-state index in [1.807, 2.05) is 18.2 Å². The number of halogens is 1. The number of benzene rings is 1. The first-order valence-corrected chi connectivity index (χ1v) is 8.61. The molecule has 0 radical (unpaired) electrons. The van der Waals surface area contributed by atoms with Crippen LogP contribution in [0.15, 0.2) is 52.2 Å². The van der Waals surface area contributed by atoms with Crippen LogP contribution in [0.2, 0.25) is 0 Å². The number of thioether (sulfide) groups is 1. The van der Waals surface area contributed by atoms with Crippen LogP contribution < -0.4 is 0 Å². The van der Waals surface area contributed by atoms with E-state index in [0.717, 1.165) is 22.3 Å². The fourth-order valence-electron chi connectivity index (χ4n) is 2.53. The van der Waals surface area contributed by atoms with Gasteiger partial charge in [0, 0.05) is 11.7 Å².